The Kier molecular flexibility index (Phi) is 4.93. The van der Waals surface area contributed by atoms with E-state index in [-0.39, 0.29) is 29.9 Å². The molecule has 0 radical (unpaired) electrons. The second kappa shape index (κ2) is 7.55. The fourth-order valence-corrected chi connectivity index (χ4v) is 4.10. The average molecular weight is 416 g/mol. The van der Waals surface area contributed by atoms with Gasteiger partial charge in [-0.1, -0.05) is 0 Å². The number of carbonyl (C=O) groups excluding carboxylic acids is 1. The number of pyridine rings is 1. The lowest BCUT2D eigenvalue weighted by Gasteiger charge is -2.13. The van der Waals surface area contributed by atoms with Gasteiger partial charge in [-0.25, -0.2) is 9.18 Å². The molecule has 0 saturated carbocycles. The Hall–Kier alpha value is -3.40. The molecule has 1 aliphatic rings. The van der Waals surface area contributed by atoms with E-state index in [1.165, 1.54) is 40.6 Å². The lowest BCUT2D eigenvalue weighted by molar-refractivity contribution is 0.0940. The molecule has 1 fully saturated rings. The number of nitrogens with zero attached hydrogens (tertiary/aromatic N) is 2. The molecule has 1 aromatic carbocycles. The van der Waals surface area contributed by atoms with Crippen molar-refractivity contribution in [3.8, 4) is 11.5 Å². The highest BCUT2D eigenvalue weighted by atomic mass is 32.1. The fraction of sp³-hybridized carbons (Fsp3) is 0.211. The molecule has 1 aliphatic heterocycles. The Labute approximate surface area is 168 Å². The summed E-state index contributed by atoms with van der Waals surface area (Å²) in [5, 5.41) is 11.9. The molecule has 1 atom stereocenters. The van der Waals surface area contributed by atoms with E-state index < -0.39 is 11.9 Å². The number of nitrogens with two attached hydrogens (primary N) is 1. The van der Waals surface area contributed by atoms with Crippen molar-refractivity contribution >= 4 is 39.2 Å². The number of carboxylic acid groups (broad SMARTS) is 1. The van der Waals surface area contributed by atoms with Gasteiger partial charge in [-0.15, -0.1) is 11.3 Å². The SMILES string of the molecule is Nc1ccc(Oc2ccnc3cc(C(=O)NC4CCN(C(=O)O)C4)sc23)c(F)c1. The summed E-state index contributed by atoms with van der Waals surface area (Å²) in [6, 6.07) is 7.13. The lowest BCUT2D eigenvalue weighted by Crippen LogP contribution is -2.37. The highest BCUT2D eigenvalue weighted by molar-refractivity contribution is 7.21. The number of halogens is 1. The molecule has 3 aromatic rings. The maximum absolute atomic E-state index is 14.1. The first kappa shape index (κ1) is 18.9. The van der Waals surface area contributed by atoms with E-state index in [2.05, 4.69) is 10.3 Å². The van der Waals surface area contributed by atoms with E-state index in [1.54, 1.807) is 12.1 Å². The number of aromatic nitrogens is 1. The predicted molar refractivity (Wildman–Crippen MR) is 106 cm³/mol. The van der Waals surface area contributed by atoms with Gasteiger partial charge in [0, 0.05) is 43.1 Å². The number of fused-ring (bicyclic) bond motifs is 1. The van der Waals surface area contributed by atoms with Crippen molar-refractivity contribution in [2.24, 2.45) is 0 Å². The molecule has 4 rings (SSSR count). The van der Waals surface area contributed by atoms with Crippen molar-refractivity contribution in [3.05, 3.63) is 47.2 Å². The van der Waals surface area contributed by atoms with Crippen molar-refractivity contribution < 1.29 is 23.8 Å². The molecule has 1 unspecified atom stereocenters. The number of nitrogen functional groups attached to an aromatic ring is 1. The van der Waals surface area contributed by atoms with E-state index >= 15 is 0 Å². The second-order valence-corrected chi connectivity index (χ2v) is 7.67. The zero-order chi connectivity index (χ0) is 20.5. The topological polar surface area (TPSA) is 118 Å². The summed E-state index contributed by atoms with van der Waals surface area (Å²) in [6.07, 6.45) is 1.08. The number of nitrogens with one attached hydrogen (secondary N) is 1. The molecule has 0 spiro atoms. The molecule has 2 amide bonds. The number of carbonyl (C=O) groups is 2. The molecule has 1 saturated heterocycles. The molecule has 150 valence electrons. The van der Waals surface area contributed by atoms with Crippen molar-refractivity contribution in [3.63, 3.8) is 0 Å². The summed E-state index contributed by atoms with van der Waals surface area (Å²) in [5.74, 6) is -0.505. The number of benzene rings is 1. The number of thiophene rings is 1. The number of hydrogen-bond donors (Lipinski definition) is 3. The molecule has 4 N–H and O–H groups in total. The van der Waals surface area contributed by atoms with Gasteiger partial charge in [0.15, 0.2) is 11.6 Å². The standard InChI is InChI=1S/C19H17FN4O4S/c20-12-7-10(21)1-2-14(12)28-15-3-5-22-13-8-16(29-17(13)15)18(25)23-11-4-6-24(9-11)19(26)27/h1-3,5,7-8,11H,4,6,9,21H2,(H,23,25)(H,26,27). The van der Waals surface area contributed by atoms with Crippen LogP contribution in [0.2, 0.25) is 0 Å². The molecule has 0 aliphatic carbocycles. The summed E-state index contributed by atoms with van der Waals surface area (Å²) < 4.78 is 20.3. The maximum atomic E-state index is 14.1. The quantitative estimate of drug-likeness (QED) is 0.562. The third-order valence-electron chi connectivity index (χ3n) is 4.57. The van der Waals surface area contributed by atoms with Crippen LogP contribution >= 0.6 is 11.3 Å². The zero-order valence-electron chi connectivity index (χ0n) is 15.1. The van der Waals surface area contributed by atoms with Crippen molar-refractivity contribution in [1.82, 2.24) is 15.2 Å². The van der Waals surface area contributed by atoms with Crippen LogP contribution in [-0.2, 0) is 0 Å². The summed E-state index contributed by atoms with van der Waals surface area (Å²) >= 11 is 1.17. The highest BCUT2D eigenvalue weighted by Gasteiger charge is 2.27. The van der Waals surface area contributed by atoms with E-state index in [4.69, 9.17) is 15.6 Å². The minimum Gasteiger partial charge on any atom is -0.465 e. The van der Waals surface area contributed by atoms with Crippen LogP contribution in [0.3, 0.4) is 0 Å². The Morgan fingerprint density at radius 2 is 2.14 bits per heavy atom. The predicted octanol–water partition coefficient (Wildman–Crippen LogP) is 3.29. The van der Waals surface area contributed by atoms with Gasteiger partial charge in [0.2, 0.25) is 0 Å². The molecule has 3 heterocycles. The molecular formula is C19H17FN4O4S. The van der Waals surface area contributed by atoms with Gasteiger partial charge in [-0.2, -0.15) is 0 Å². The van der Waals surface area contributed by atoms with Crippen LogP contribution in [-0.4, -0.2) is 46.1 Å². The van der Waals surface area contributed by atoms with Crippen LogP contribution in [0.5, 0.6) is 11.5 Å². The first-order valence-corrected chi connectivity index (χ1v) is 9.62. The van der Waals surface area contributed by atoms with Gasteiger partial charge in [-0.3, -0.25) is 9.78 Å². The summed E-state index contributed by atoms with van der Waals surface area (Å²) in [7, 11) is 0. The minimum atomic E-state index is -0.996. The third-order valence-corrected chi connectivity index (χ3v) is 5.71. The van der Waals surface area contributed by atoms with E-state index in [1.807, 2.05) is 0 Å². The first-order valence-electron chi connectivity index (χ1n) is 8.81. The highest BCUT2D eigenvalue weighted by Crippen LogP contribution is 2.36. The Bertz CT molecular complexity index is 1100. The van der Waals surface area contributed by atoms with Gasteiger partial charge in [0.05, 0.1) is 15.1 Å². The number of ether oxygens (including phenoxy) is 1. The van der Waals surface area contributed by atoms with Crippen LogP contribution in [0, 0.1) is 5.82 Å². The number of anilines is 1. The largest absolute Gasteiger partial charge is 0.465 e. The molecule has 29 heavy (non-hydrogen) atoms. The number of rotatable bonds is 4. The zero-order valence-corrected chi connectivity index (χ0v) is 15.9. The van der Waals surface area contributed by atoms with Crippen LogP contribution in [0.25, 0.3) is 10.2 Å². The van der Waals surface area contributed by atoms with E-state index in [0.717, 1.165) is 0 Å². The number of amides is 2. The van der Waals surface area contributed by atoms with Crippen molar-refractivity contribution in [2.45, 2.75) is 12.5 Å². The van der Waals surface area contributed by atoms with Crippen molar-refractivity contribution in [1.29, 1.82) is 0 Å². The lowest BCUT2D eigenvalue weighted by atomic mass is 10.2. The summed E-state index contributed by atoms with van der Waals surface area (Å²) in [4.78, 5) is 29.5. The van der Waals surface area contributed by atoms with Crippen molar-refractivity contribution in [2.75, 3.05) is 18.8 Å². The smallest absolute Gasteiger partial charge is 0.407 e. The Morgan fingerprint density at radius 3 is 2.86 bits per heavy atom. The van der Waals surface area contributed by atoms with Gasteiger partial charge in [0.25, 0.3) is 5.91 Å². The van der Waals surface area contributed by atoms with Crippen LogP contribution in [0.4, 0.5) is 14.9 Å². The molecular weight excluding hydrogens is 399 g/mol. The van der Waals surface area contributed by atoms with Gasteiger partial charge >= 0.3 is 6.09 Å². The Morgan fingerprint density at radius 1 is 1.31 bits per heavy atom. The fourth-order valence-electron chi connectivity index (χ4n) is 3.13. The van der Waals surface area contributed by atoms with Gasteiger partial charge < -0.3 is 25.8 Å². The summed E-state index contributed by atoms with van der Waals surface area (Å²) in [5.41, 5.74) is 6.39. The molecule has 10 heteroatoms. The third kappa shape index (κ3) is 3.92. The van der Waals surface area contributed by atoms with Gasteiger partial charge in [0.1, 0.15) is 5.75 Å². The van der Waals surface area contributed by atoms with Crippen LogP contribution in [0.15, 0.2) is 36.5 Å². The average Bonchev–Trinajstić information content (AvgIpc) is 3.31. The molecule has 2 aromatic heterocycles. The number of likely N-dealkylation sites (tertiary alicyclic amines) is 1. The second-order valence-electron chi connectivity index (χ2n) is 6.61. The molecule has 0 bridgehead atoms. The monoisotopic (exact) mass is 416 g/mol. The number of hydrogen-bond acceptors (Lipinski definition) is 6. The van der Waals surface area contributed by atoms with Crippen LogP contribution < -0.4 is 15.8 Å². The minimum absolute atomic E-state index is 0.0193. The maximum Gasteiger partial charge on any atom is 0.407 e. The Balaban J connectivity index is 1.54. The van der Waals surface area contributed by atoms with E-state index in [0.29, 0.717) is 33.8 Å². The molecule has 8 nitrogen and oxygen atoms in total. The normalized spacial score (nSPS) is 16.2. The van der Waals surface area contributed by atoms with Crippen LogP contribution in [0.1, 0.15) is 16.1 Å². The van der Waals surface area contributed by atoms with Gasteiger partial charge in [-0.05, 0) is 24.6 Å². The van der Waals surface area contributed by atoms with E-state index in [9.17, 15) is 14.0 Å². The summed E-state index contributed by atoms with van der Waals surface area (Å²) in [6.45, 7) is 0.647. The first-order chi connectivity index (χ1) is 13.9.